The number of H-pyrrole nitrogens is 1. The number of hydrogen-bond donors (Lipinski definition) is 3. The fourth-order valence-corrected chi connectivity index (χ4v) is 4.77. The molecule has 3 aromatic carbocycles. The third kappa shape index (κ3) is 5.39. The first-order valence-electron chi connectivity index (χ1n) is 11.1. The molecule has 10 heteroatoms. The average Bonchev–Trinajstić information content (AvgIpc) is 3.50. The zero-order valence-corrected chi connectivity index (χ0v) is 20.1. The van der Waals surface area contributed by atoms with Gasteiger partial charge in [-0.2, -0.15) is 13.2 Å². The van der Waals surface area contributed by atoms with Crippen molar-refractivity contribution in [1.82, 2.24) is 9.97 Å². The van der Waals surface area contributed by atoms with Gasteiger partial charge in [-0.1, -0.05) is 18.2 Å². The van der Waals surface area contributed by atoms with E-state index in [9.17, 15) is 22.8 Å². The molecule has 0 aliphatic carbocycles. The molecular weight excluding hydrogens is 501 g/mol. The van der Waals surface area contributed by atoms with Gasteiger partial charge < -0.3 is 15.6 Å². The normalized spacial score (nSPS) is 11.5. The molecular formula is C27H19F3N4O2S. The highest BCUT2D eigenvalue weighted by Crippen LogP contribution is 2.36. The van der Waals surface area contributed by atoms with Gasteiger partial charge in [-0.3, -0.25) is 9.59 Å². The number of rotatable bonds is 5. The summed E-state index contributed by atoms with van der Waals surface area (Å²) in [6.07, 6.45) is -4.43. The molecule has 5 rings (SSSR count). The highest BCUT2D eigenvalue weighted by molar-refractivity contribution is 7.18. The zero-order valence-electron chi connectivity index (χ0n) is 19.3. The van der Waals surface area contributed by atoms with Crippen LogP contribution in [0.1, 0.15) is 22.8 Å². The van der Waals surface area contributed by atoms with E-state index in [4.69, 9.17) is 0 Å². The number of anilines is 2. The predicted octanol–water partition coefficient (Wildman–Crippen LogP) is 7.19. The molecule has 37 heavy (non-hydrogen) atoms. The zero-order chi connectivity index (χ0) is 26.2. The molecule has 0 aliphatic rings. The molecule has 0 radical (unpaired) electrons. The first-order valence-corrected chi connectivity index (χ1v) is 11.9. The minimum Gasteiger partial charge on any atom is -0.337 e. The molecule has 5 aromatic rings. The van der Waals surface area contributed by atoms with Crippen molar-refractivity contribution >= 4 is 45.6 Å². The van der Waals surface area contributed by atoms with Crippen molar-refractivity contribution in [2.45, 2.75) is 13.1 Å². The van der Waals surface area contributed by atoms with Gasteiger partial charge in [-0.25, -0.2) is 4.98 Å². The maximum Gasteiger partial charge on any atom is 0.416 e. The van der Waals surface area contributed by atoms with Crippen LogP contribution in [0.15, 0.2) is 78.9 Å². The predicted molar refractivity (Wildman–Crippen MR) is 139 cm³/mol. The fraction of sp³-hybridized carbons (Fsp3) is 0.0741. The largest absolute Gasteiger partial charge is 0.416 e. The molecule has 3 N–H and O–H groups in total. The number of alkyl halides is 3. The highest BCUT2D eigenvalue weighted by Gasteiger charge is 2.30. The first kappa shape index (κ1) is 24.3. The summed E-state index contributed by atoms with van der Waals surface area (Å²) >= 11 is 1.43. The lowest BCUT2D eigenvalue weighted by atomic mass is 10.1. The van der Waals surface area contributed by atoms with Gasteiger partial charge in [0.05, 0.1) is 21.5 Å². The second kappa shape index (κ2) is 9.55. The molecule has 0 fully saturated rings. The molecule has 0 atom stereocenters. The van der Waals surface area contributed by atoms with Crippen molar-refractivity contribution in [3.63, 3.8) is 0 Å². The first-order chi connectivity index (χ1) is 17.7. The highest BCUT2D eigenvalue weighted by atomic mass is 32.1. The van der Waals surface area contributed by atoms with E-state index < -0.39 is 11.7 Å². The van der Waals surface area contributed by atoms with Crippen LogP contribution in [0.5, 0.6) is 0 Å². The molecule has 0 bridgehead atoms. The van der Waals surface area contributed by atoms with Crippen LogP contribution in [-0.2, 0) is 11.0 Å². The van der Waals surface area contributed by atoms with Crippen LogP contribution < -0.4 is 10.6 Å². The lowest BCUT2D eigenvalue weighted by Gasteiger charge is -2.08. The van der Waals surface area contributed by atoms with Crippen LogP contribution in [0.2, 0.25) is 0 Å². The van der Waals surface area contributed by atoms with E-state index in [1.807, 2.05) is 30.3 Å². The third-order valence-electron chi connectivity index (χ3n) is 5.50. The molecule has 6 nitrogen and oxygen atoms in total. The number of thiophene rings is 1. The van der Waals surface area contributed by atoms with E-state index in [0.717, 1.165) is 27.5 Å². The second-order valence-electron chi connectivity index (χ2n) is 8.28. The van der Waals surface area contributed by atoms with Crippen molar-refractivity contribution in [2.75, 3.05) is 10.6 Å². The van der Waals surface area contributed by atoms with E-state index in [1.54, 1.807) is 30.3 Å². The SMILES string of the molecule is CC(=O)Nc1cccc(C(=O)Nc2cccc(-c3ccc(-c4nc5ccc(C(F)(F)F)cc5[nH]4)s3)c2)c1. The smallest absolute Gasteiger partial charge is 0.337 e. The standard InChI is InChI=1S/C27H19F3N4O2S/c1-15(35)31-19-6-3-5-17(13-19)26(36)32-20-7-2-4-16(12-20)23-10-11-24(37-23)25-33-21-9-8-18(27(28,29)30)14-22(21)34-25/h2-14H,1H3,(H,31,35)(H,32,36)(H,33,34). The number of nitrogens with zero attached hydrogens (tertiary/aromatic N) is 1. The molecule has 186 valence electrons. The van der Waals surface area contributed by atoms with Crippen molar-refractivity contribution in [3.05, 3.63) is 90.0 Å². The van der Waals surface area contributed by atoms with E-state index in [-0.39, 0.29) is 11.8 Å². The Morgan fingerprint density at radius 1 is 0.865 bits per heavy atom. The Hall–Kier alpha value is -4.44. The van der Waals surface area contributed by atoms with Crippen LogP contribution in [-0.4, -0.2) is 21.8 Å². The van der Waals surface area contributed by atoms with Crippen LogP contribution in [0.3, 0.4) is 0 Å². The van der Waals surface area contributed by atoms with Gasteiger partial charge in [-0.05, 0) is 66.2 Å². The summed E-state index contributed by atoms with van der Waals surface area (Å²) < 4.78 is 39.1. The van der Waals surface area contributed by atoms with Gasteiger partial charge in [0.15, 0.2) is 0 Å². The minimum absolute atomic E-state index is 0.228. The van der Waals surface area contributed by atoms with Gasteiger partial charge in [-0.15, -0.1) is 11.3 Å². The molecule has 0 aliphatic heterocycles. The topological polar surface area (TPSA) is 86.9 Å². The third-order valence-corrected chi connectivity index (χ3v) is 6.64. The minimum atomic E-state index is -4.43. The lowest BCUT2D eigenvalue weighted by Crippen LogP contribution is -2.13. The van der Waals surface area contributed by atoms with E-state index in [1.165, 1.54) is 24.3 Å². The Kier molecular flexibility index (Phi) is 6.26. The molecule has 0 spiro atoms. The van der Waals surface area contributed by atoms with Crippen LogP contribution in [0.25, 0.3) is 32.2 Å². The molecule has 0 saturated heterocycles. The van der Waals surface area contributed by atoms with Crippen molar-refractivity contribution in [1.29, 1.82) is 0 Å². The number of halogens is 3. The summed E-state index contributed by atoms with van der Waals surface area (Å²) in [6, 6.07) is 21.1. The van der Waals surface area contributed by atoms with E-state index in [2.05, 4.69) is 20.6 Å². The van der Waals surface area contributed by atoms with E-state index >= 15 is 0 Å². The summed E-state index contributed by atoms with van der Waals surface area (Å²) in [5.74, 6) is -0.0694. The summed E-state index contributed by atoms with van der Waals surface area (Å²) in [5.41, 5.74) is 2.40. The van der Waals surface area contributed by atoms with Crippen molar-refractivity contribution in [2.24, 2.45) is 0 Å². The van der Waals surface area contributed by atoms with Gasteiger partial charge in [0.25, 0.3) is 5.91 Å². The number of imidazole rings is 1. The van der Waals surface area contributed by atoms with Crippen LogP contribution in [0, 0.1) is 0 Å². The number of benzene rings is 3. The molecule has 0 unspecified atom stereocenters. The Morgan fingerprint density at radius 3 is 2.35 bits per heavy atom. The van der Waals surface area contributed by atoms with Crippen LogP contribution in [0.4, 0.5) is 24.5 Å². The second-order valence-corrected chi connectivity index (χ2v) is 9.36. The van der Waals surface area contributed by atoms with Gasteiger partial charge in [0.2, 0.25) is 5.91 Å². The Bertz CT molecular complexity index is 1640. The Labute approximate surface area is 213 Å². The van der Waals surface area contributed by atoms with E-state index in [0.29, 0.717) is 33.8 Å². The Morgan fingerprint density at radius 2 is 1.59 bits per heavy atom. The number of aromatic amines is 1. The maximum absolute atomic E-state index is 13.0. The number of carbonyl (C=O) groups is 2. The summed E-state index contributed by atoms with van der Waals surface area (Å²) in [6.45, 7) is 1.39. The molecule has 2 amide bonds. The number of fused-ring (bicyclic) bond motifs is 1. The number of aromatic nitrogens is 2. The quantitative estimate of drug-likeness (QED) is 0.229. The number of nitrogens with one attached hydrogen (secondary N) is 3. The summed E-state index contributed by atoms with van der Waals surface area (Å²) in [7, 11) is 0. The van der Waals surface area contributed by atoms with Gasteiger partial charge in [0, 0.05) is 28.7 Å². The molecule has 0 saturated carbocycles. The Balaban J connectivity index is 1.35. The summed E-state index contributed by atoms with van der Waals surface area (Å²) in [5, 5.41) is 5.52. The van der Waals surface area contributed by atoms with Gasteiger partial charge in [0.1, 0.15) is 5.82 Å². The van der Waals surface area contributed by atoms with Crippen molar-refractivity contribution in [3.8, 4) is 21.1 Å². The van der Waals surface area contributed by atoms with Gasteiger partial charge >= 0.3 is 6.18 Å². The number of amides is 2. The maximum atomic E-state index is 13.0. The number of hydrogen-bond acceptors (Lipinski definition) is 4. The van der Waals surface area contributed by atoms with Crippen LogP contribution >= 0.6 is 11.3 Å². The average molecular weight is 521 g/mol. The monoisotopic (exact) mass is 520 g/mol. The fourth-order valence-electron chi connectivity index (χ4n) is 3.82. The summed E-state index contributed by atoms with van der Waals surface area (Å²) in [4.78, 5) is 33.1. The van der Waals surface area contributed by atoms with Crippen molar-refractivity contribution < 1.29 is 22.8 Å². The molecule has 2 aromatic heterocycles. The lowest BCUT2D eigenvalue weighted by molar-refractivity contribution is -0.137. The number of carbonyl (C=O) groups excluding carboxylic acids is 2. The molecule has 2 heterocycles.